The van der Waals surface area contributed by atoms with E-state index in [9.17, 15) is 14.7 Å². The van der Waals surface area contributed by atoms with Gasteiger partial charge in [-0.05, 0) is 43.8 Å². The van der Waals surface area contributed by atoms with Crippen LogP contribution in [0.25, 0.3) is 0 Å². The number of carboxylic acid groups (broad SMARTS) is 1. The monoisotopic (exact) mass is 310 g/mol. The van der Waals surface area contributed by atoms with Gasteiger partial charge in [-0.25, -0.2) is 0 Å². The molecule has 1 aliphatic rings. The number of carbonyl (C=O) groups excluding carboxylic acids is 1. The van der Waals surface area contributed by atoms with Crippen molar-refractivity contribution < 1.29 is 14.7 Å². The van der Waals surface area contributed by atoms with Gasteiger partial charge in [-0.15, -0.1) is 11.3 Å². The van der Waals surface area contributed by atoms with Crippen LogP contribution in [0.2, 0.25) is 0 Å². The van der Waals surface area contributed by atoms with Crippen LogP contribution in [0, 0.1) is 5.41 Å². The molecule has 0 saturated carbocycles. The molecule has 0 spiro atoms. The first-order valence-corrected chi connectivity index (χ1v) is 8.18. The van der Waals surface area contributed by atoms with Gasteiger partial charge in [0, 0.05) is 4.88 Å². The molecule has 0 unspecified atom stereocenters. The quantitative estimate of drug-likeness (QED) is 0.842. The molecular weight excluding hydrogens is 288 g/mol. The van der Waals surface area contributed by atoms with Gasteiger partial charge in [0.1, 0.15) is 0 Å². The van der Waals surface area contributed by atoms with E-state index in [4.69, 9.17) is 0 Å². The zero-order chi connectivity index (χ0) is 15.3. The molecule has 2 N–H and O–H groups in total. The van der Waals surface area contributed by atoms with Crippen molar-refractivity contribution in [1.29, 1.82) is 0 Å². The summed E-state index contributed by atoms with van der Waals surface area (Å²) in [4.78, 5) is 26.5. The Balaban J connectivity index is 1.75. The van der Waals surface area contributed by atoms with Gasteiger partial charge in [0.15, 0.2) is 0 Å². The first-order valence-electron chi connectivity index (χ1n) is 7.30. The maximum absolute atomic E-state index is 11.9. The van der Waals surface area contributed by atoms with Crippen LogP contribution in [0.3, 0.4) is 0 Å². The highest BCUT2D eigenvalue weighted by Gasteiger charge is 2.39. The molecule has 0 aliphatic carbocycles. The molecule has 0 bridgehead atoms. The van der Waals surface area contributed by atoms with Crippen LogP contribution in [0.5, 0.6) is 0 Å². The van der Waals surface area contributed by atoms with Gasteiger partial charge >= 0.3 is 5.97 Å². The van der Waals surface area contributed by atoms with Crippen LogP contribution in [-0.4, -0.2) is 41.5 Å². The Morgan fingerprint density at radius 3 is 2.67 bits per heavy atom. The SMILES string of the molecule is CCC1(C(=O)O)CCN(CC(=O)NCc2cccs2)CC1. The van der Waals surface area contributed by atoms with E-state index in [1.807, 2.05) is 29.3 Å². The number of nitrogens with zero attached hydrogens (tertiary/aromatic N) is 1. The second-order valence-electron chi connectivity index (χ2n) is 5.57. The third-order valence-electron chi connectivity index (χ3n) is 4.35. The number of amides is 1. The lowest BCUT2D eigenvalue weighted by Gasteiger charge is -2.37. The van der Waals surface area contributed by atoms with Gasteiger partial charge in [0.05, 0.1) is 18.5 Å². The Kier molecular flexibility index (Phi) is 5.36. The van der Waals surface area contributed by atoms with Crippen LogP contribution in [-0.2, 0) is 16.1 Å². The number of carboxylic acids is 1. The summed E-state index contributed by atoms with van der Waals surface area (Å²) in [5, 5.41) is 14.2. The molecule has 0 aromatic carbocycles. The standard InChI is InChI=1S/C15H22N2O3S/c1-2-15(14(19)20)5-7-17(8-6-15)11-13(18)16-10-12-4-3-9-21-12/h3-4,9H,2,5-8,10-11H2,1H3,(H,16,18)(H,19,20). The van der Waals surface area contributed by atoms with Crippen molar-refractivity contribution in [2.24, 2.45) is 5.41 Å². The van der Waals surface area contributed by atoms with E-state index >= 15 is 0 Å². The van der Waals surface area contributed by atoms with E-state index in [1.54, 1.807) is 11.3 Å². The second kappa shape index (κ2) is 7.04. The Morgan fingerprint density at radius 2 is 2.14 bits per heavy atom. The Hall–Kier alpha value is -1.40. The van der Waals surface area contributed by atoms with Crippen molar-refractivity contribution in [2.75, 3.05) is 19.6 Å². The summed E-state index contributed by atoms with van der Waals surface area (Å²) in [5.41, 5.74) is -0.593. The molecule has 1 amide bonds. The summed E-state index contributed by atoms with van der Waals surface area (Å²) in [6.45, 7) is 4.19. The van der Waals surface area contributed by atoms with Gasteiger partial charge in [-0.1, -0.05) is 13.0 Å². The smallest absolute Gasteiger partial charge is 0.309 e. The highest BCUT2D eigenvalue weighted by Crippen LogP contribution is 2.34. The molecular formula is C15H22N2O3S. The number of nitrogens with one attached hydrogen (secondary N) is 1. The Bertz CT molecular complexity index is 479. The summed E-state index contributed by atoms with van der Waals surface area (Å²) in [6.07, 6.45) is 1.90. The summed E-state index contributed by atoms with van der Waals surface area (Å²) in [7, 11) is 0. The average Bonchev–Trinajstić information content (AvgIpc) is 2.99. The number of thiophene rings is 1. The lowest BCUT2D eigenvalue weighted by Crippen LogP contribution is -2.47. The zero-order valence-corrected chi connectivity index (χ0v) is 13.1. The maximum Gasteiger partial charge on any atom is 0.309 e. The van der Waals surface area contributed by atoms with Crippen molar-refractivity contribution in [3.8, 4) is 0 Å². The van der Waals surface area contributed by atoms with Crippen LogP contribution >= 0.6 is 11.3 Å². The fourth-order valence-corrected chi connectivity index (χ4v) is 3.36. The fraction of sp³-hybridized carbons (Fsp3) is 0.600. The normalized spacial score (nSPS) is 18.3. The van der Waals surface area contributed by atoms with Gasteiger partial charge in [0.2, 0.25) is 5.91 Å². The largest absolute Gasteiger partial charge is 0.481 e. The molecule has 1 aromatic heterocycles. The zero-order valence-electron chi connectivity index (χ0n) is 12.3. The van der Waals surface area contributed by atoms with Gasteiger partial charge in [-0.3, -0.25) is 14.5 Å². The summed E-state index contributed by atoms with van der Waals surface area (Å²) < 4.78 is 0. The number of hydrogen-bond donors (Lipinski definition) is 2. The third-order valence-corrected chi connectivity index (χ3v) is 5.23. The first kappa shape index (κ1) is 16.0. The number of hydrogen-bond acceptors (Lipinski definition) is 4. The van der Waals surface area contributed by atoms with Gasteiger partial charge in [0.25, 0.3) is 0 Å². The molecule has 6 heteroatoms. The topological polar surface area (TPSA) is 69.6 Å². The van der Waals surface area contributed by atoms with E-state index in [0.717, 1.165) is 4.88 Å². The number of piperidine rings is 1. The molecule has 0 atom stereocenters. The van der Waals surface area contributed by atoms with Crippen LogP contribution in [0.15, 0.2) is 17.5 Å². The predicted octanol–water partition coefficient (Wildman–Crippen LogP) is 1.94. The van der Waals surface area contributed by atoms with Crippen molar-refractivity contribution in [2.45, 2.75) is 32.7 Å². The molecule has 2 heterocycles. The third kappa shape index (κ3) is 4.04. The van der Waals surface area contributed by atoms with Gasteiger partial charge < -0.3 is 10.4 Å². The molecule has 1 saturated heterocycles. The molecule has 2 rings (SSSR count). The number of carbonyl (C=O) groups is 2. The van der Waals surface area contributed by atoms with E-state index in [2.05, 4.69) is 5.32 Å². The molecule has 0 radical (unpaired) electrons. The van der Waals surface area contributed by atoms with Crippen molar-refractivity contribution in [1.82, 2.24) is 10.2 Å². The first-order chi connectivity index (χ1) is 10.1. The molecule has 1 aliphatic heterocycles. The number of aliphatic carboxylic acids is 1. The predicted molar refractivity (Wildman–Crippen MR) is 82.2 cm³/mol. The number of likely N-dealkylation sites (tertiary alicyclic amines) is 1. The minimum absolute atomic E-state index is 0.00252. The van der Waals surface area contributed by atoms with Crippen molar-refractivity contribution >= 4 is 23.2 Å². The van der Waals surface area contributed by atoms with E-state index in [0.29, 0.717) is 45.4 Å². The summed E-state index contributed by atoms with van der Waals surface area (Å²) in [5.74, 6) is -0.700. The van der Waals surface area contributed by atoms with E-state index < -0.39 is 11.4 Å². The average molecular weight is 310 g/mol. The number of rotatable bonds is 6. The van der Waals surface area contributed by atoms with Crippen LogP contribution < -0.4 is 5.32 Å². The highest BCUT2D eigenvalue weighted by atomic mass is 32.1. The maximum atomic E-state index is 11.9. The van der Waals surface area contributed by atoms with Crippen LogP contribution in [0.4, 0.5) is 0 Å². The molecule has 21 heavy (non-hydrogen) atoms. The minimum Gasteiger partial charge on any atom is -0.481 e. The Labute approximate surface area is 129 Å². The van der Waals surface area contributed by atoms with Crippen molar-refractivity contribution in [3.63, 3.8) is 0 Å². The summed E-state index contributed by atoms with van der Waals surface area (Å²) >= 11 is 1.62. The van der Waals surface area contributed by atoms with E-state index in [1.165, 1.54) is 0 Å². The summed E-state index contributed by atoms with van der Waals surface area (Å²) in [6, 6.07) is 3.96. The Morgan fingerprint density at radius 1 is 1.43 bits per heavy atom. The second-order valence-corrected chi connectivity index (χ2v) is 6.60. The lowest BCUT2D eigenvalue weighted by molar-refractivity contribution is -0.152. The molecule has 1 aromatic rings. The minimum atomic E-state index is -0.702. The van der Waals surface area contributed by atoms with Crippen LogP contribution in [0.1, 0.15) is 31.1 Å². The molecule has 1 fully saturated rings. The lowest BCUT2D eigenvalue weighted by atomic mass is 9.76. The molecule has 116 valence electrons. The van der Waals surface area contributed by atoms with E-state index in [-0.39, 0.29) is 5.91 Å². The van der Waals surface area contributed by atoms with Crippen molar-refractivity contribution in [3.05, 3.63) is 22.4 Å². The molecule has 5 nitrogen and oxygen atoms in total. The van der Waals surface area contributed by atoms with Gasteiger partial charge in [-0.2, -0.15) is 0 Å². The fourth-order valence-electron chi connectivity index (χ4n) is 2.72. The highest BCUT2D eigenvalue weighted by molar-refractivity contribution is 7.09.